The van der Waals surface area contributed by atoms with Crippen LogP contribution < -0.4 is 5.73 Å². The molecule has 0 radical (unpaired) electrons. The maximum atomic E-state index is 11.8. The number of aryl methyl sites for hydroxylation is 1. The average molecular weight is 295 g/mol. The molecule has 20 heavy (non-hydrogen) atoms. The fourth-order valence-electron chi connectivity index (χ4n) is 2.28. The Hall–Kier alpha value is -1.40. The minimum absolute atomic E-state index is 0.452. The van der Waals surface area contributed by atoms with Crippen LogP contribution in [0.1, 0.15) is 36.9 Å². The fraction of sp³-hybridized carbons (Fsp3) is 0.500. The van der Waals surface area contributed by atoms with E-state index in [1.165, 1.54) is 6.26 Å². The first-order chi connectivity index (χ1) is 9.38. The molecular formula is C14H21N3O2S. The van der Waals surface area contributed by atoms with E-state index in [4.69, 9.17) is 5.73 Å². The molecule has 0 spiro atoms. The maximum absolute atomic E-state index is 11.8. The van der Waals surface area contributed by atoms with Crippen molar-refractivity contribution in [3.05, 3.63) is 29.6 Å². The highest BCUT2D eigenvalue weighted by Crippen LogP contribution is 2.26. The molecule has 6 heteroatoms. The van der Waals surface area contributed by atoms with Crippen LogP contribution in [0.5, 0.6) is 0 Å². The quantitative estimate of drug-likeness (QED) is 0.915. The lowest BCUT2D eigenvalue weighted by molar-refractivity contribution is 0.580. The van der Waals surface area contributed by atoms with Crippen molar-refractivity contribution >= 4 is 20.9 Å². The minimum Gasteiger partial charge on any atom is -0.327 e. The Bertz CT molecular complexity index is 719. The second kappa shape index (κ2) is 5.54. The van der Waals surface area contributed by atoms with Crippen molar-refractivity contribution < 1.29 is 8.42 Å². The van der Waals surface area contributed by atoms with Crippen molar-refractivity contribution in [2.75, 3.05) is 6.26 Å². The Morgan fingerprint density at radius 3 is 2.65 bits per heavy atom. The smallest absolute Gasteiger partial charge is 0.157 e. The number of sulfone groups is 1. The molecule has 2 aromatic rings. The van der Waals surface area contributed by atoms with E-state index in [1.54, 1.807) is 6.92 Å². The van der Waals surface area contributed by atoms with Crippen LogP contribution in [0.15, 0.2) is 18.2 Å². The summed E-state index contributed by atoms with van der Waals surface area (Å²) in [6.45, 7) is 4.96. The number of benzene rings is 1. The van der Waals surface area contributed by atoms with E-state index in [2.05, 4.69) is 11.9 Å². The van der Waals surface area contributed by atoms with Gasteiger partial charge in [0.15, 0.2) is 9.84 Å². The van der Waals surface area contributed by atoms with Crippen LogP contribution in [0.4, 0.5) is 0 Å². The van der Waals surface area contributed by atoms with Crippen molar-refractivity contribution in [1.82, 2.24) is 9.55 Å². The number of hydrogen-bond acceptors (Lipinski definition) is 4. The van der Waals surface area contributed by atoms with Crippen LogP contribution in [0.25, 0.3) is 11.0 Å². The molecule has 0 fully saturated rings. The van der Waals surface area contributed by atoms with Crippen LogP contribution >= 0.6 is 0 Å². The van der Waals surface area contributed by atoms with E-state index in [0.29, 0.717) is 12.4 Å². The summed E-state index contributed by atoms with van der Waals surface area (Å²) in [7, 11) is -3.17. The third kappa shape index (κ3) is 2.71. The van der Waals surface area contributed by atoms with Gasteiger partial charge < -0.3 is 10.3 Å². The molecule has 1 aromatic carbocycles. The van der Waals surface area contributed by atoms with Gasteiger partial charge in [-0.05, 0) is 31.0 Å². The molecule has 110 valence electrons. The number of fused-ring (bicyclic) bond motifs is 1. The van der Waals surface area contributed by atoms with E-state index in [-0.39, 0.29) is 0 Å². The zero-order chi connectivity index (χ0) is 14.9. The highest BCUT2D eigenvalue weighted by Gasteiger charge is 2.24. The summed E-state index contributed by atoms with van der Waals surface area (Å²) in [6.07, 6.45) is 2.17. The van der Waals surface area contributed by atoms with E-state index in [9.17, 15) is 8.42 Å². The van der Waals surface area contributed by atoms with Gasteiger partial charge in [-0.1, -0.05) is 13.0 Å². The first-order valence-corrected chi connectivity index (χ1v) is 8.72. The Kier molecular flexibility index (Phi) is 4.15. The van der Waals surface area contributed by atoms with Crippen molar-refractivity contribution in [2.45, 2.75) is 38.6 Å². The topological polar surface area (TPSA) is 78.0 Å². The van der Waals surface area contributed by atoms with Crippen molar-refractivity contribution in [3.63, 3.8) is 0 Å². The van der Waals surface area contributed by atoms with Gasteiger partial charge in [0.1, 0.15) is 11.1 Å². The lowest BCUT2D eigenvalue weighted by atomic mass is 10.2. The Morgan fingerprint density at radius 2 is 2.10 bits per heavy atom. The lowest BCUT2D eigenvalue weighted by Gasteiger charge is -2.12. The summed E-state index contributed by atoms with van der Waals surface area (Å²) in [5.41, 5.74) is 8.42. The third-order valence-electron chi connectivity index (χ3n) is 3.53. The minimum atomic E-state index is -3.17. The predicted molar refractivity (Wildman–Crippen MR) is 81.2 cm³/mol. The lowest BCUT2D eigenvalue weighted by Crippen LogP contribution is -2.14. The molecule has 0 aliphatic rings. The molecule has 1 unspecified atom stereocenters. The van der Waals surface area contributed by atoms with Gasteiger partial charge in [0.2, 0.25) is 0 Å². The second-order valence-corrected chi connectivity index (χ2v) is 7.49. The monoisotopic (exact) mass is 295 g/mol. The van der Waals surface area contributed by atoms with Crippen LogP contribution in [0.2, 0.25) is 0 Å². The van der Waals surface area contributed by atoms with Gasteiger partial charge in [0, 0.05) is 19.3 Å². The first-order valence-electron chi connectivity index (χ1n) is 6.76. The van der Waals surface area contributed by atoms with E-state index in [1.807, 2.05) is 22.8 Å². The summed E-state index contributed by atoms with van der Waals surface area (Å²) in [5.74, 6) is 0.610. The maximum Gasteiger partial charge on any atom is 0.157 e. The Balaban J connectivity index is 2.66. The SMILES string of the molecule is CCCn1c(C(C)S(C)(=O)=O)nc2cc(CN)ccc21. The fourth-order valence-corrected chi connectivity index (χ4v) is 2.84. The van der Waals surface area contributed by atoms with Crippen LogP contribution in [-0.4, -0.2) is 24.2 Å². The number of aromatic nitrogens is 2. The zero-order valence-corrected chi connectivity index (χ0v) is 12.9. The molecule has 0 amide bonds. The molecule has 0 bridgehead atoms. The van der Waals surface area contributed by atoms with Crippen molar-refractivity contribution in [3.8, 4) is 0 Å². The summed E-state index contributed by atoms with van der Waals surface area (Å²) in [5, 5.41) is -0.609. The molecule has 2 N–H and O–H groups in total. The largest absolute Gasteiger partial charge is 0.327 e. The van der Waals surface area contributed by atoms with Gasteiger partial charge in [-0.3, -0.25) is 0 Å². The number of rotatable bonds is 5. The van der Waals surface area contributed by atoms with Crippen molar-refractivity contribution in [1.29, 1.82) is 0 Å². The van der Waals surface area contributed by atoms with Gasteiger partial charge in [-0.15, -0.1) is 0 Å². The van der Waals surface area contributed by atoms with Gasteiger partial charge in [0.05, 0.1) is 11.0 Å². The number of hydrogen-bond donors (Lipinski definition) is 1. The molecule has 1 atom stereocenters. The van der Waals surface area contributed by atoms with Gasteiger partial charge >= 0.3 is 0 Å². The molecule has 1 aromatic heterocycles. The second-order valence-electron chi connectivity index (χ2n) is 5.12. The molecule has 1 heterocycles. The summed E-state index contributed by atoms with van der Waals surface area (Å²) in [4.78, 5) is 4.53. The summed E-state index contributed by atoms with van der Waals surface area (Å²) >= 11 is 0. The van der Waals surface area contributed by atoms with E-state index < -0.39 is 15.1 Å². The molecule has 0 aliphatic carbocycles. The van der Waals surface area contributed by atoms with Gasteiger partial charge in [-0.25, -0.2) is 13.4 Å². The normalized spacial score (nSPS) is 13.8. The summed E-state index contributed by atoms with van der Waals surface area (Å²) in [6, 6.07) is 5.86. The highest BCUT2D eigenvalue weighted by atomic mass is 32.2. The first kappa shape index (κ1) is 15.0. The van der Waals surface area contributed by atoms with E-state index >= 15 is 0 Å². The molecule has 0 saturated carbocycles. The van der Waals surface area contributed by atoms with Crippen LogP contribution in [0.3, 0.4) is 0 Å². The molecule has 2 rings (SSSR count). The summed E-state index contributed by atoms with van der Waals surface area (Å²) < 4.78 is 25.6. The Labute approximate surface area is 119 Å². The van der Waals surface area contributed by atoms with Gasteiger partial charge in [-0.2, -0.15) is 0 Å². The van der Waals surface area contributed by atoms with Crippen LogP contribution in [0, 0.1) is 0 Å². The average Bonchev–Trinajstić information content (AvgIpc) is 2.75. The highest BCUT2D eigenvalue weighted by molar-refractivity contribution is 7.90. The van der Waals surface area contributed by atoms with E-state index in [0.717, 1.165) is 29.6 Å². The zero-order valence-electron chi connectivity index (χ0n) is 12.1. The van der Waals surface area contributed by atoms with Crippen LogP contribution in [-0.2, 0) is 22.9 Å². The number of nitrogens with two attached hydrogens (primary N) is 1. The molecule has 0 aliphatic heterocycles. The molecular weight excluding hydrogens is 274 g/mol. The molecule has 0 saturated heterocycles. The molecule has 5 nitrogen and oxygen atoms in total. The Morgan fingerprint density at radius 1 is 1.40 bits per heavy atom. The number of imidazole rings is 1. The number of nitrogens with zero attached hydrogens (tertiary/aromatic N) is 2. The standard InChI is InChI=1S/C14H21N3O2S/c1-4-7-17-13-6-5-11(9-15)8-12(13)16-14(17)10(2)20(3,18)19/h5-6,8,10H,4,7,9,15H2,1-3H3. The predicted octanol–water partition coefficient (Wildman–Crippen LogP) is 2.01. The third-order valence-corrected chi connectivity index (χ3v) is 5.03. The van der Waals surface area contributed by atoms with Crippen molar-refractivity contribution in [2.24, 2.45) is 5.73 Å². The van der Waals surface area contributed by atoms with Gasteiger partial charge in [0.25, 0.3) is 0 Å².